The third-order valence-corrected chi connectivity index (χ3v) is 0.697. The van der Waals surface area contributed by atoms with Gasteiger partial charge >= 0.3 is 0 Å². The first-order valence-corrected chi connectivity index (χ1v) is 2.39. The molecule has 0 spiro atoms. The van der Waals surface area contributed by atoms with Gasteiger partial charge in [0.25, 0.3) is 0 Å². The van der Waals surface area contributed by atoms with Crippen molar-refractivity contribution in [3.05, 3.63) is 0 Å². The van der Waals surface area contributed by atoms with E-state index in [1.807, 2.05) is 0 Å². The minimum atomic E-state index is 0. The van der Waals surface area contributed by atoms with E-state index in [0.717, 1.165) is 19.6 Å². The monoisotopic (exact) mass is 152 g/mol. The molecule has 2 nitrogen and oxygen atoms in total. The van der Waals surface area contributed by atoms with E-state index in [0.29, 0.717) is 0 Å². The van der Waals surface area contributed by atoms with Crippen molar-refractivity contribution in [3.63, 3.8) is 0 Å². The zero-order valence-corrected chi connectivity index (χ0v) is 4.94. The molecule has 0 bridgehead atoms. The van der Waals surface area contributed by atoms with Gasteiger partial charge in [0, 0.05) is 27.4 Å². The maximum absolute atomic E-state index is 4.76. The first kappa shape index (κ1) is 22.5. The average molecular weight is 152 g/mol. The van der Waals surface area contributed by atoms with E-state index in [1.54, 1.807) is 14.2 Å². The Morgan fingerprint density at radius 1 is 0.800 bits per heavy atom. The van der Waals surface area contributed by atoms with Crippen LogP contribution in [0.3, 0.4) is 0 Å². The van der Waals surface area contributed by atoms with Gasteiger partial charge in [0.2, 0.25) is 0 Å². The minimum absolute atomic E-state index is 0. The standard InChI is InChI=1S/C5H12O2.3CH4/c1-6-4-3-5-7-2;;;/h3-5H2,1-2H3;3*1H4. The minimum Gasteiger partial charge on any atom is -0.385 e. The molecule has 0 rings (SSSR count). The lowest BCUT2D eigenvalue weighted by molar-refractivity contribution is 0.138. The summed E-state index contributed by atoms with van der Waals surface area (Å²) in [7, 11) is 3.38. The highest BCUT2D eigenvalue weighted by Crippen LogP contribution is 1.78. The summed E-state index contributed by atoms with van der Waals surface area (Å²) in [5, 5.41) is 0. The zero-order valence-electron chi connectivity index (χ0n) is 4.94. The van der Waals surface area contributed by atoms with Gasteiger partial charge in [0.15, 0.2) is 0 Å². The fourth-order valence-electron chi connectivity index (χ4n) is 0.348. The van der Waals surface area contributed by atoms with Crippen LogP contribution in [0, 0.1) is 0 Å². The van der Waals surface area contributed by atoms with Gasteiger partial charge in [-0.05, 0) is 6.42 Å². The summed E-state index contributed by atoms with van der Waals surface area (Å²) in [6, 6.07) is 0. The van der Waals surface area contributed by atoms with E-state index in [2.05, 4.69) is 0 Å². The smallest absolute Gasteiger partial charge is 0.0484 e. The topological polar surface area (TPSA) is 18.5 Å². The van der Waals surface area contributed by atoms with Crippen LogP contribution in [0.2, 0.25) is 0 Å². The molecule has 2 heteroatoms. The third kappa shape index (κ3) is 24.7. The van der Waals surface area contributed by atoms with E-state index >= 15 is 0 Å². The maximum Gasteiger partial charge on any atom is 0.0484 e. The molecular formula is C8H24O2. The molecule has 0 aromatic heterocycles. The summed E-state index contributed by atoms with van der Waals surface area (Å²) in [6.07, 6.45) is 0.993. The molecular weight excluding hydrogens is 128 g/mol. The van der Waals surface area contributed by atoms with E-state index in [1.165, 1.54) is 0 Å². The van der Waals surface area contributed by atoms with Crippen molar-refractivity contribution in [2.45, 2.75) is 28.7 Å². The quantitative estimate of drug-likeness (QED) is 0.576. The maximum atomic E-state index is 4.76. The number of ether oxygens (including phenoxy) is 2. The molecule has 0 aliphatic rings. The number of hydrogen-bond acceptors (Lipinski definition) is 2. The predicted molar refractivity (Wildman–Crippen MR) is 48.6 cm³/mol. The normalized spacial score (nSPS) is 6.60. The van der Waals surface area contributed by atoms with Crippen molar-refractivity contribution >= 4 is 0 Å². The summed E-state index contributed by atoms with van der Waals surface area (Å²) in [5.74, 6) is 0. The molecule has 0 radical (unpaired) electrons. The number of hydrogen-bond donors (Lipinski definition) is 0. The average Bonchev–Trinajstić information content (AvgIpc) is 1.69. The molecule has 68 valence electrons. The lowest BCUT2D eigenvalue weighted by atomic mass is 10.5. The van der Waals surface area contributed by atoms with Crippen molar-refractivity contribution in [1.29, 1.82) is 0 Å². The van der Waals surface area contributed by atoms with Gasteiger partial charge in [0.1, 0.15) is 0 Å². The summed E-state index contributed by atoms with van der Waals surface area (Å²) in [6.45, 7) is 1.60. The Kier molecular flexibility index (Phi) is 52.1. The van der Waals surface area contributed by atoms with Crippen molar-refractivity contribution in [2.24, 2.45) is 0 Å². The second kappa shape index (κ2) is 23.1. The van der Waals surface area contributed by atoms with Crippen molar-refractivity contribution < 1.29 is 9.47 Å². The summed E-state index contributed by atoms with van der Waals surface area (Å²) >= 11 is 0. The summed E-state index contributed by atoms with van der Waals surface area (Å²) < 4.78 is 9.53. The second-order valence-corrected chi connectivity index (χ2v) is 1.34. The van der Waals surface area contributed by atoms with Gasteiger partial charge in [-0.25, -0.2) is 0 Å². The van der Waals surface area contributed by atoms with Gasteiger partial charge in [0.05, 0.1) is 0 Å². The Labute approximate surface area is 66.5 Å². The highest BCUT2D eigenvalue weighted by molar-refractivity contribution is 4.28. The molecule has 0 aromatic carbocycles. The Morgan fingerprint density at radius 3 is 1.30 bits per heavy atom. The molecule has 0 saturated heterocycles. The van der Waals surface area contributed by atoms with E-state index in [-0.39, 0.29) is 22.3 Å². The molecule has 0 atom stereocenters. The van der Waals surface area contributed by atoms with Crippen LogP contribution in [0.15, 0.2) is 0 Å². The summed E-state index contributed by atoms with van der Waals surface area (Å²) in [4.78, 5) is 0. The molecule has 0 fully saturated rings. The Balaban J connectivity index is -0.0000000600. The van der Waals surface area contributed by atoms with Gasteiger partial charge in [-0.15, -0.1) is 0 Å². The molecule has 0 unspecified atom stereocenters. The van der Waals surface area contributed by atoms with Crippen LogP contribution >= 0.6 is 0 Å². The van der Waals surface area contributed by atoms with Crippen LogP contribution in [0.25, 0.3) is 0 Å². The van der Waals surface area contributed by atoms with Crippen molar-refractivity contribution in [2.75, 3.05) is 27.4 Å². The largest absolute Gasteiger partial charge is 0.385 e. The third-order valence-electron chi connectivity index (χ3n) is 0.697. The Hall–Kier alpha value is -0.0800. The van der Waals surface area contributed by atoms with Crippen LogP contribution in [0.1, 0.15) is 28.7 Å². The Morgan fingerprint density at radius 2 is 1.10 bits per heavy atom. The van der Waals surface area contributed by atoms with Gasteiger partial charge in [-0.3, -0.25) is 0 Å². The van der Waals surface area contributed by atoms with E-state index < -0.39 is 0 Å². The lowest BCUT2D eigenvalue weighted by Crippen LogP contribution is -1.94. The zero-order chi connectivity index (χ0) is 5.54. The van der Waals surface area contributed by atoms with Gasteiger partial charge < -0.3 is 9.47 Å². The number of methoxy groups -OCH3 is 2. The molecule has 0 heterocycles. The van der Waals surface area contributed by atoms with E-state index in [9.17, 15) is 0 Å². The SMILES string of the molecule is C.C.C.COCCCOC. The lowest BCUT2D eigenvalue weighted by Gasteiger charge is -1.94. The highest BCUT2D eigenvalue weighted by atomic mass is 16.5. The molecule has 0 amide bonds. The molecule has 0 aromatic rings. The van der Waals surface area contributed by atoms with Gasteiger partial charge in [-0.1, -0.05) is 22.3 Å². The van der Waals surface area contributed by atoms with Crippen molar-refractivity contribution in [1.82, 2.24) is 0 Å². The molecule has 0 aliphatic heterocycles. The fraction of sp³-hybridized carbons (Fsp3) is 1.00. The molecule has 0 N–H and O–H groups in total. The van der Waals surface area contributed by atoms with Crippen LogP contribution in [-0.2, 0) is 9.47 Å². The number of rotatable bonds is 4. The van der Waals surface area contributed by atoms with Crippen LogP contribution in [0.5, 0.6) is 0 Å². The van der Waals surface area contributed by atoms with Crippen LogP contribution in [-0.4, -0.2) is 27.4 Å². The predicted octanol–water partition coefficient (Wildman–Crippen LogP) is 2.58. The van der Waals surface area contributed by atoms with Gasteiger partial charge in [-0.2, -0.15) is 0 Å². The molecule has 10 heavy (non-hydrogen) atoms. The first-order valence-electron chi connectivity index (χ1n) is 2.39. The van der Waals surface area contributed by atoms with Crippen LogP contribution < -0.4 is 0 Å². The van der Waals surface area contributed by atoms with E-state index in [4.69, 9.17) is 9.47 Å². The van der Waals surface area contributed by atoms with Crippen molar-refractivity contribution in [3.8, 4) is 0 Å². The molecule has 0 saturated carbocycles. The summed E-state index contributed by atoms with van der Waals surface area (Å²) in [5.41, 5.74) is 0. The second-order valence-electron chi connectivity index (χ2n) is 1.34. The fourth-order valence-corrected chi connectivity index (χ4v) is 0.348. The highest BCUT2D eigenvalue weighted by Gasteiger charge is 1.79. The first-order chi connectivity index (χ1) is 3.41. The Bertz CT molecular complexity index is 26.4. The molecule has 0 aliphatic carbocycles. The van der Waals surface area contributed by atoms with Crippen LogP contribution in [0.4, 0.5) is 0 Å².